The predicted octanol–water partition coefficient (Wildman–Crippen LogP) is 6.29. The molecule has 0 aliphatic heterocycles. The van der Waals surface area contributed by atoms with Crippen LogP contribution in [0.5, 0.6) is 0 Å². The molecule has 0 fully saturated rings. The lowest BCUT2D eigenvalue weighted by atomic mass is 10.1. The molecular formula is C33H46N4O4S. The molecule has 0 unspecified atom stereocenters. The molecule has 0 amide bonds. The van der Waals surface area contributed by atoms with Gasteiger partial charge in [0.1, 0.15) is 4.75 Å². The minimum absolute atomic E-state index is 0.215. The van der Waals surface area contributed by atoms with Crippen molar-refractivity contribution < 1.29 is 9.53 Å². The van der Waals surface area contributed by atoms with E-state index in [9.17, 15) is 14.4 Å². The van der Waals surface area contributed by atoms with E-state index in [1.165, 1.54) is 33.0 Å². The van der Waals surface area contributed by atoms with Gasteiger partial charge in [0.2, 0.25) is 5.82 Å². The number of esters is 1. The van der Waals surface area contributed by atoms with Crippen molar-refractivity contribution in [2.45, 2.75) is 102 Å². The molecule has 3 rings (SSSR count). The van der Waals surface area contributed by atoms with Crippen molar-refractivity contribution in [1.29, 1.82) is 0 Å². The van der Waals surface area contributed by atoms with Crippen LogP contribution in [0.1, 0.15) is 83.8 Å². The largest absolute Gasteiger partial charge is 0.465 e. The predicted molar refractivity (Wildman–Crippen MR) is 171 cm³/mol. The van der Waals surface area contributed by atoms with Crippen LogP contribution in [0.2, 0.25) is 0 Å². The number of nitrogens with one attached hydrogen (secondary N) is 1. The molecule has 228 valence electrons. The van der Waals surface area contributed by atoms with Crippen LogP contribution in [0.15, 0.2) is 69.1 Å². The topological polar surface area (TPSA) is 95.2 Å². The summed E-state index contributed by atoms with van der Waals surface area (Å²) >= 11 is 1.50. The minimum atomic E-state index is -0.662. The monoisotopic (exact) mass is 594 g/mol. The lowest BCUT2D eigenvalue weighted by molar-refractivity contribution is -0.145. The molecule has 1 aromatic heterocycles. The fourth-order valence-corrected chi connectivity index (χ4v) is 5.74. The zero-order valence-corrected chi connectivity index (χ0v) is 26.4. The van der Waals surface area contributed by atoms with Crippen molar-refractivity contribution in [3.05, 3.63) is 86.6 Å². The molecule has 0 saturated carbocycles. The van der Waals surface area contributed by atoms with Crippen molar-refractivity contribution in [1.82, 2.24) is 14.3 Å². The van der Waals surface area contributed by atoms with E-state index < -0.39 is 4.75 Å². The maximum absolute atomic E-state index is 13.3. The number of carbonyl (C=O) groups is 1. The number of hydrogen-bond acceptors (Lipinski definition) is 7. The summed E-state index contributed by atoms with van der Waals surface area (Å²) in [5.74, 6) is 0.00410. The van der Waals surface area contributed by atoms with Gasteiger partial charge >= 0.3 is 11.7 Å². The Morgan fingerprint density at radius 1 is 0.929 bits per heavy atom. The number of aromatic nitrogens is 3. The average molecular weight is 595 g/mol. The fraction of sp³-hybridized carbons (Fsp3) is 0.515. The number of aryl methyl sites for hydroxylation is 2. The first-order valence-electron chi connectivity index (χ1n) is 15.2. The van der Waals surface area contributed by atoms with Gasteiger partial charge < -0.3 is 10.1 Å². The summed E-state index contributed by atoms with van der Waals surface area (Å²) in [6.45, 7) is 9.41. The van der Waals surface area contributed by atoms with Crippen LogP contribution in [-0.2, 0) is 29.0 Å². The number of thioether (sulfide) groups is 1. The van der Waals surface area contributed by atoms with Crippen LogP contribution < -0.4 is 16.6 Å². The van der Waals surface area contributed by atoms with E-state index in [0.29, 0.717) is 19.7 Å². The lowest BCUT2D eigenvalue weighted by Gasteiger charge is -2.21. The van der Waals surface area contributed by atoms with E-state index in [-0.39, 0.29) is 29.6 Å². The number of benzene rings is 2. The normalized spacial score (nSPS) is 11.4. The summed E-state index contributed by atoms with van der Waals surface area (Å²) in [6.07, 6.45) is 7.97. The maximum atomic E-state index is 13.3. The molecule has 0 spiro atoms. The molecule has 42 heavy (non-hydrogen) atoms. The van der Waals surface area contributed by atoms with Gasteiger partial charge in [-0.05, 0) is 69.7 Å². The molecule has 9 heteroatoms. The second-order valence-electron chi connectivity index (χ2n) is 11.0. The summed E-state index contributed by atoms with van der Waals surface area (Å²) in [6, 6.07) is 17.8. The highest BCUT2D eigenvalue weighted by Crippen LogP contribution is 2.34. The van der Waals surface area contributed by atoms with Crippen LogP contribution in [0, 0.1) is 0 Å². The van der Waals surface area contributed by atoms with E-state index >= 15 is 0 Å². The third-order valence-electron chi connectivity index (χ3n) is 7.00. The van der Waals surface area contributed by atoms with Gasteiger partial charge in [0.25, 0.3) is 5.56 Å². The number of rotatable bonds is 18. The number of nitrogens with zero attached hydrogens (tertiary/aromatic N) is 3. The van der Waals surface area contributed by atoms with E-state index in [1.807, 2.05) is 63.2 Å². The van der Waals surface area contributed by atoms with Gasteiger partial charge in [-0.2, -0.15) is 0 Å². The van der Waals surface area contributed by atoms with Gasteiger partial charge in [0.15, 0.2) is 0 Å². The molecular weight excluding hydrogens is 548 g/mol. The van der Waals surface area contributed by atoms with Gasteiger partial charge in [-0.1, -0.05) is 75.1 Å². The van der Waals surface area contributed by atoms with Crippen molar-refractivity contribution in [2.75, 3.05) is 18.5 Å². The van der Waals surface area contributed by atoms with Crippen molar-refractivity contribution >= 4 is 23.5 Å². The third-order valence-corrected chi connectivity index (χ3v) is 8.17. The van der Waals surface area contributed by atoms with Gasteiger partial charge in [-0.25, -0.2) is 9.48 Å². The van der Waals surface area contributed by atoms with Crippen molar-refractivity contribution in [3.63, 3.8) is 0 Å². The summed E-state index contributed by atoms with van der Waals surface area (Å²) < 4.78 is 7.29. The Hall–Kier alpha value is -3.33. The Labute approximate surface area is 253 Å². The molecule has 3 aromatic rings. The van der Waals surface area contributed by atoms with Gasteiger partial charge in [-0.3, -0.25) is 14.2 Å². The SMILES string of the molecule is CCCCCCCn1nc(NCCCCc2cccc(SC(C)(C)C(=O)OCC)c2)c(=O)n(Cc2ccccc2)c1=O. The first kappa shape index (κ1) is 33.2. The average Bonchev–Trinajstić information content (AvgIpc) is 2.97. The smallest absolute Gasteiger partial charge is 0.347 e. The Kier molecular flexibility index (Phi) is 13.4. The van der Waals surface area contributed by atoms with Crippen molar-refractivity contribution in [3.8, 4) is 0 Å². The lowest BCUT2D eigenvalue weighted by Crippen LogP contribution is -2.43. The van der Waals surface area contributed by atoms with E-state index in [1.54, 1.807) is 0 Å². The molecule has 0 radical (unpaired) electrons. The molecule has 1 heterocycles. The van der Waals surface area contributed by atoms with Crippen LogP contribution in [0.3, 0.4) is 0 Å². The highest BCUT2D eigenvalue weighted by Gasteiger charge is 2.30. The molecule has 0 aliphatic carbocycles. The summed E-state index contributed by atoms with van der Waals surface area (Å²) in [5, 5.41) is 7.65. The Morgan fingerprint density at radius 2 is 1.67 bits per heavy atom. The van der Waals surface area contributed by atoms with E-state index in [4.69, 9.17) is 4.74 Å². The number of hydrogen-bond donors (Lipinski definition) is 1. The summed E-state index contributed by atoms with van der Waals surface area (Å²) in [7, 11) is 0. The molecule has 0 aliphatic rings. The molecule has 0 saturated heterocycles. The highest BCUT2D eigenvalue weighted by atomic mass is 32.2. The van der Waals surface area contributed by atoms with Crippen LogP contribution in [0.25, 0.3) is 0 Å². The van der Waals surface area contributed by atoms with Crippen molar-refractivity contribution in [2.24, 2.45) is 0 Å². The van der Waals surface area contributed by atoms with E-state index in [2.05, 4.69) is 29.5 Å². The second kappa shape index (κ2) is 16.9. The van der Waals surface area contributed by atoms with Gasteiger partial charge in [0.05, 0.1) is 13.2 Å². The number of unbranched alkanes of at least 4 members (excludes halogenated alkanes) is 5. The summed E-state index contributed by atoms with van der Waals surface area (Å²) in [5.41, 5.74) is 1.34. The second-order valence-corrected chi connectivity index (χ2v) is 12.7. The first-order valence-corrected chi connectivity index (χ1v) is 16.0. The van der Waals surface area contributed by atoms with Crippen LogP contribution in [0.4, 0.5) is 5.82 Å². The standard InChI is InChI=1S/C33H46N4O4S/c1-5-7-8-9-15-23-37-32(40)36(25-27-18-11-10-12-19-27)30(38)29(35-37)34-22-14-13-17-26-20-16-21-28(24-26)42-33(3,4)31(39)41-6-2/h10-12,16,18-21,24H,5-9,13-15,17,22-23,25H2,1-4H3,(H,34,35). The Balaban J connectivity index is 1.62. The summed E-state index contributed by atoms with van der Waals surface area (Å²) in [4.78, 5) is 39.8. The number of anilines is 1. The number of ether oxygens (including phenoxy) is 1. The molecule has 0 atom stereocenters. The van der Waals surface area contributed by atoms with Crippen LogP contribution in [-0.4, -0.2) is 38.2 Å². The fourth-order valence-electron chi connectivity index (χ4n) is 4.65. The maximum Gasteiger partial charge on any atom is 0.347 e. The van der Waals surface area contributed by atoms with Crippen LogP contribution >= 0.6 is 11.8 Å². The minimum Gasteiger partial charge on any atom is -0.465 e. The first-order chi connectivity index (χ1) is 20.2. The van der Waals surface area contributed by atoms with Gasteiger partial charge in [-0.15, -0.1) is 16.9 Å². The number of carbonyl (C=O) groups excluding carboxylic acids is 1. The van der Waals surface area contributed by atoms with Gasteiger partial charge in [0, 0.05) is 18.0 Å². The molecule has 0 bridgehead atoms. The Bertz CT molecular complexity index is 1380. The molecule has 1 N–H and O–H groups in total. The van der Waals surface area contributed by atoms with E-state index in [0.717, 1.165) is 55.4 Å². The molecule has 8 nitrogen and oxygen atoms in total. The quantitative estimate of drug-likeness (QED) is 0.105. The Morgan fingerprint density at radius 3 is 2.40 bits per heavy atom. The highest BCUT2D eigenvalue weighted by molar-refractivity contribution is 8.01. The zero-order chi connectivity index (χ0) is 30.4. The molecule has 2 aromatic carbocycles. The zero-order valence-electron chi connectivity index (χ0n) is 25.6. The third kappa shape index (κ3) is 10.2.